The van der Waals surface area contributed by atoms with E-state index in [1.54, 1.807) is 7.11 Å². The van der Waals surface area contributed by atoms with E-state index in [2.05, 4.69) is 0 Å². The van der Waals surface area contributed by atoms with E-state index in [0.717, 1.165) is 5.71 Å². The van der Waals surface area contributed by atoms with Gasteiger partial charge in [0.1, 0.15) is 0 Å². The van der Waals surface area contributed by atoms with Crippen LogP contribution in [0.2, 0.25) is 0 Å². The molecule has 1 N–H and O–H groups in total. The molecule has 0 aromatic heterocycles. The SMILES string of the molecule is COCC(=N)C1CC1. The van der Waals surface area contributed by atoms with Crippen LogP contribution in [0.5, 0.6) is 0 Å². The Hall–Kier alpha value is -0.370. The highest BCUT2D eigenvalue weighted by Gasteiger charge is 2.25. The summed E-state index contributed by atoms with van der Waals surface area (Å²) < 4.78 is 4.78. The van der Waals surface area contributed by atoms with Gasteiger partial charge in [-0.15, -0.1) is 0 Å². The molecule has 0 radical (unpaired) electrons. The van der Waals surface area contributed by atoms with Crippen LogP contribution in [0.15, 0.2) is 0 Å². The summed E-state index contributed by atoms with van der Waals surface area (Å²) in [6.45, 7) is 0.532. The number of methoxy groups -OCH3 is 1. The minimum atomic E-state index is 0.532. The van der Waals surface area contributed by atoms with Crippen LogP contribution in [0.3, 0.4) is 0 Å². The molecule has 0 atom stereocenters. The molecule has 1 aliphatic carbocycles. The lowest BCUT2D eigenvalue weighted by atomic mass is 10.3. The molecule has 0 heterocycles. The Morgan fingerprint density at radius 3 is 2.75 bits per heavy atom. The molecule has 46 valence electrons. The first-order chi connectivity index (χ1) is 3.84. The van der Waals surface area contributed by atoms with E-state index in [1.165, 1.54) is 12.8 Å². The van der Waals surface area contributed by atoms with Crippen molar-refractivity contribution >= 4 is 5.71 Å². The third kappa shape index (κ3) is 1.30. The first-order valence-corrected chi connectivity index (χ1v) is 2.91. The van der Waals surface area contributed by atoms with Crippen molar-refractivity contribution in [3.63, 3.8) is 0 Å². The third-order valence-corrected chi connectivity index (χ3v) is 1.37. The average molecular weight is 113 g/mol. The van der Waals surface area contributed by atoms with E-state index < -0.39 is 0 Å². The molecule has 2 heteroatoms. The number of hydrogen-bond acceptors (Lipinski definition) is 2. The molecule has 0 aliphatic heterocycles. The zero-order valence-electron chi connectivity index (χ0n) is 5.11. The Bertz CT molecular complexity index is 96.7. The van der Waals surface area contributed by atoms with Gasteiger partial charge in [-0.3, -0.25) is 0 Å². The summed E-state index contributed by atoms with van der Waals surface area (Å²) in [5.41, 5.74) is 0.771. The maximum Gasteiger partial charge on any atom is 0.0840 e. The van der Waals surface area contributed by atoms with Gasteiger partial charge in [-0.1, -0.05) is 0 Å². The number of hydrogen-bond donors (Lipinski definition) is 1. The fourth-order valence-electron chi connectivity index (χ4n) is 0.705. The van der Waals surface area contributed by atoms with Crippen LogP contribution >= 0.6 is 0 Å². The van der Waals surface area contributed by atoms with Gasteiger partial charge in [0.25, 0.3) is 0 Å². The van der Waals surface area contributed by atoms with E-state index in [-0.39, 0.29) is 0 Å². The fraction of sp³-hybridized carbons (Fsp3) is 0.833. The largest absolute Gasteiger partial charge is 0.379 e. The summed E-state index contributed by atoms with van der Waals surface area (Å²) in [5, 5.41) is 7.28. The molecule has 8 heavy (non-hydrogen) atoms. The summed E-state index contributed by atoms with van der Waals surface area (Å²) in [7, 11) is 1.64. The van der Waals surface area contributed by atoms with Gasteiger partial charge in [0.15, 0.2) is 0 Å². The monoisotopic (exact) mass is 113 g/mol. The quantitative estimate of drug-likeness (QED) is 0.545. The Morgan fingerprint density at radius 2 is 2.38 bits per heavy atom. The smallest absolute Gasteiger partial charge is 0.0840 e. The summed E-state index contributed by atoms with van der Waals surface area (Å²) >= 11 is 0. The highest BCUT2D eigenvalue weighted by Crippen LogP contribution is 2.29. The fourth-order valence-corrected chi connectivity index (χ4v) is 0.705. The number of nitrogens with one attached hydrogen (secondary N) is 1. The van der Waals surface area contributed by atoms with Crippen LogP contribution in [0.1, 0.15) is 12.8 Å². The Morgan fingerprint density at radius 1 is 1.75 bits per heavy atom. The summed E-state index contributed by atoms with van der Waals surface area (Å²) in [6, 6.07) is 0. The van der Waals surface area contributed by atoms with Gasteiger partial charge >= 0.3 is 0 Å². The van der Waals surface area contributed by atoms with E-state index >= 15 is 0 Å². The van der Waals surface area contributed by atoms with Gasteiger partial charge in [0, 0.05) is 12.8 Å². The normalized spacial score (nSPS) is 18.6. The van der Waals surface area contributed by atoms with Gasteiger partial charge in [-0.05, 0) is 18.8 Å². The van der Waals surface area contributed by atoms with Crippen LogP contribution in [0.25, 0.3) is 0 Å². The lowest BCUT2D eigenvalue weighted by Gasteiger charge is -1.95. The van der Waals surface area contributed by atoms with Crippen LogP contribution < -0.4 is 0 Å². The van der Waals surface area contributed by atoms with Crippen molar-refractivity contribution in [1.82, 2.24) is 0 Å². The molecular weight excluding hydrogens is 102 g/mol. The van der Waals surface area contributed by atoms with E-state index in [9.17, 15) is 0 Å². The van der Waals surface area contributed by atoms with E-state index in [1.807, 2.05) is 0 Å². The van der Waals surface area contributed by atoms with Gasteiger partial charge < -0.3 is 10.1 Å². The topological polar surface area (TPSA) is 33.1 Å². The molecule has 1 saturated carbocycles. The third-order valence-electron chi connectivity index (χ3n) is 1.37. The highest BCUT2D eigenvalue weighted by atomic mass is 16.5. The minimum Gasteiger partial charge on any atom is -0.379 e. The maximum absolute atomic E-state index is 7.28. The Labute approximate surface area is 49.4 Å². The first-order valence-electron chi connectivity index (χ1n) is 2.91. The van der Waals surface area contributed by atoms with Gasteiger partial charge in [-0.25, -0.2) is 0 Å². The second-order valence-electron chi connectivity index (χ2n) is 2.23. The van der Waals surface area contributed by atoms with Crippen LogP contribution in [-0.4, -0.2) is 19.4 Å². The molecule has 1 fully saturated rings. The molecule has 0 saturated heterocycles. The van der Waals surface area contributed by atoms with Crippen LogP contribution in [0.4, 0.5) is 0 Å². The second-order valence-corrected chi connectivity index (χ2v) is 2.23. The molecule has 0 bridgehead atoms. The van der Waals surface area contributed by atoms with Crippen molar-refractivity contribution in [1.29, 1.82) is 5.41 Å². The predicted molar refractivity (Wildman–Crippen MR) is 32.3 cm³/mol. The van der Waals surface area contributed by atoms with Crippen molar-refractivity contribution in [3.05, 3.63) is 0 Å². The van der Waals surface area contributed by atoms with E-state index in [4.69, 9.17) is 10.1 Å². The molecule has 0 amide bonds. The maximum atomic E-state index is 7.28. The lowest BCUT2D eigenvalue weighted by Crippen LogP contribution is -2.06. The zero-order valence-corrected chi connectivity index (χ0v) is 5.11. The van der Waals surface area contributed by atoms with Gasteiger partial charge in [0.2, 0.25) is 0 Å². The van der Waals surface area contributed by atoms with Crippen molar-refractivity contribution in [2.24, 2.45) is 5.92 Å². The minimum absolute atomic E-state index is 0.532. The van der Waals surface area contributed by atoms with E-state index in [0.29, 0.717) is 12.5 Å². The van der Waals surface area contributed by atoms with Crippen LogP contribution in [-0.2, 0) is 4.74 Å². The average Bonchev–Trinajstić information content (AvgIpc) is 2.45. The Kier molecular flexibility index (Phi) is 1.63. The van der Waals surface area contributed by atoms with Crippen molar-refractivity contribution < 1.29 is 4.74 Å². The van der Waals surface area contributed by atoms with Crippen molar-refractivity contribution in [3.8, 4) is 0 Å². The molecule has 0 aromatic rings. The molecule has 0 aromatic carbocycles. The lowest BCUT2D eigenvalue weighted by molar-refractivity contribution is 0.242. The molecule has 2 nitrogen and oxygen atoms in total. The second kappa shape index (κ2) is 2.27. The summed E-state index contributed by atoms with van der Waals surface area (Å²) in [6.07, 6.45) is 2.42. The Balaban J connectivity index is 2.13. The highest BCUT2D eigenvalue weighted by molar-refractivity contribution is 5.86. The van der Waals surface area contributed by atoms with Crippen molar-refractivity contribution in [2.45, 2.75) is 12.8 Å². The molecule has 1 aliphatic rings. The summed E-state index contributed by atoms with van der Waals surface area (Å²) in [4.78, 5) is 0. The first kappa shape index (κ1) is 5.76. The van der Waals surface area contributed by atoms with Crippen LogP contribution in [0, 0.1) is 11.3 Å². The predicted octanol–water partition coefficient (Wildman–Crippen LogP) is 1.06. The molecule has 0 spiro atoms. The standard InChI is InChI=1S/C6H11NO/c1-8-4-6(7)5-2-3-5/h5,7H,2-4H2,1H3. The summed E-state index contributed by atoms with van der Waals surface area (Å²) in [5.74, 6) is 0.579. The van der Waals surface area contributed by atoms with Crippen molar-refractivity contribution in [2.75, 3.05) is 13.7 Å². The number of ether oxygens (including phenoxy) is 1. The zero-order chi connectivity index (χ0) is 5.98. The van der Waals surface area contributed by atoms with Gasteiger partial charge in [-0.2, -0.15) is 0 Å². The number of rotatable bonds is 3. The molecular formula is C6H11NO. The molecule has 0 unspecified atom stereocenters. The molecule has 1 rings (SSSR count). The van der Waals surface area contributed by atoms with Gasteiger partial charge in [0.05, 0.1) is 6.61 Å².